The largest absolute Gasteiger partial charge is 0.508 e. The second-order valence-electron chi connectivity index (χ2n) is 17.0. The summed E-state index contributed by atoms with van der Waals surface area (Å²) in [5, 5.41) is 43.2. The van der Waals surface area contributed by atoms with E-state index in [0.717, 1.165) is 68.9 Å². The van der Waals surface area contributed by atoms with Gasteiger partial charge in [0.1, 0.15) is 5.75 Å². The van der Waals surface area contributed by atoms with Gasteiger partial charge in [-0.1, -0.05) is 59.3 Å². The van der Waals surface area contributed by atoms with Gasteiger partial charge in [0, 0.05) is 0 Å². The minimum Gasteiger partial charge on any atom is -0.508 e. The molecule has 6 rings (SSSR count). The van der Waals surface area contributed by atoms with E-state index in [4.69, 9.17) is 0 Å². The van der Waals surface area contributed by atoms with Gasteiger partial charge in [0.05, 0.1) is 6.10 Å². The molecule has 4 N–H and O–H groups in total. The molecule has 5 aliphatic carbocycles. The predicted octanol–water partition coefficient (Wildman–Crippen LogP) is 8.10. The van der Waals surface area contributed by atoms with Crippen LogP contribution in [0.5, 0.6) is 5.75 Å². The van der Waals surface area contributed by atoms with E-state index in [1.54, 1.807) is 12.1 Å². The summed E-state index contributed by atoms with van der Waals surface area (Å²) in [4.78, 5) is 11.9. The highest BCUT2D eigenvalue weighted by Gasteiger charge is 2.67. The number of phenolic OH excluding ortho intramolecular Hbond substituents is 1. The van der Waals surface area contributed by atoms with Crippen molar-refractivity contribution in [2.24, 2.45) is 45.3 Å². The average Bonchev–Trinajstić information content (AvgIpc) is 3.28. The minimum atomic E-state index is -1.59. The molecule has 0 heterocycles. The first-order valence-electron chi connectivity index (χ1n) is 17.2. The lowest BCUT2D eigenvalue weighted by Gasteiger charge is -2.69. The fraction of sp³-hybridized carbons (Fsp3) is 0.763. The van der Waals surface area contributed by atoms with E-state index in [9.17, 15) is 25.2 Å². The molecule has 0 saturated heterocycles. The first-order chi connectivity index (χ1) is 20.0. The van der Waals surface area contributed by atoms with Crippen LogP contribution in [0.4, 0.5) is 0 Å². The van der Waals surface area contributed by atoms with Gasteiger partial charge < -0.3 is 20.4 Å². The molecule has 0 aromatic heterocycles. The molecule has 1 aromatic rings. The highest BCUT2D eigenvalue weighted by atomic mass is 16.4. The Morgan fingerprint density at radius 1 is 0.930 bits per heavy atom. The van der Waals surface area contributed by atoms with Gasteiger partial charge in [-0.3, -0.25) is 0 Å². The van der Waals surface area contributed by atoms with Crippen molar-refractivity contribution in [3.63, 3.8) is 0 Å². The molecule has 43 heavy (non-hydrogen) atoms. The lowest BCUT2D eigenvalue weighted by Crippen LogP contribution is -2.63. The van der Waals surface area contributed by atoms with Crippen molar-refractivity contribution in [1.82, 2.24) is 0 Å². The van der Waals surface area contributed by atoms with Gasteiger partial charge >= 0.3 is 5.97 Å². The lowest BCUT2D eigenvalue weighted by atomic mass is 9.36. The molecule has 5 heteroatoms. The summed E-state index contributed by atoms with van der Waals surface area (Å²) in [5.41, 5.74) is 3.65. The number of hydrogen-bond donors (Lipinski definition) is 4. The van der Waals surface area contributed by atoms with Gasteiger partial charge in [0.25, 0.3) is 0 Å². The average molecular weight is 593 g/mol. The molecule has 3 saturated carbocycles. The van der Waals surface area contributed by atoms with E-state index < -0.39 is 12.1 Å². The molecule has 0 aliphatic heterocycles. The van der Waals surface area contributed by atoms with Gasteiger partial charge in [0.15, 0.2) is 6.10 Å². The third-order valence-electron chi connectivity index (χ3n) is 15.4. The standard InChI is InChI=1S/C38H56O5/c1-22-9-8-10-23(2)34(22,3)19-20-37(6)28-13-16-36(5)27(35(28,4)18-15-30(37)40)14-17-38(7)29(36)21-25-26(39)12-11-24(31(25)38)32(41)33(42)43/h9,11-12,23,27-30,32,39-41H,8,10,13-21H2,1-7H3,(H,42,43). The molecule has 0 bridgehead atoms. The van der Waals surface area contributed by atoms with Crippen LogP contribution in [0.3, 0.4) is 0 Å². The fourth-order valence-corrected chi connectivity index (χ4v) is 12.5. The van der Waals surface area contributed by atoms with Crippen LogP contribution in [-0.4, -0.2) is 32.5 Å². The number of carboxylic acid groups (broad SMARTS) is 1. The van der Waals surface area contributed by atoms with E-state index in [-0.39, 0.29) is 44.8 Å². The molecule has 0 amide bonds. The Morgan fingerprint density at radius 3 is 2.26 bits per heavy atom. The minimum absolute atomic E-state index is 0.0293. The number of aromatic hydroxyl groups is 1. The lowest BCUT2D eigenvalue weighted by molar-refractivity contribution is -0.209. The maximum absolute atomic E-state index is 11.9. The normalized spacial score (nSPS) is 46.2. The zero-order valence-corrected chi connectivity index (χ0v) is 27.7. The molecular formula is C38H56O5. The number of aliphatic carboxylic acids is 1. The third kappa shape index (κ3) is 4.19. The molecule has 0 radical (unpaired) electrons. The Labute approximate surface area is 259 Å². The fourth-order valence-electron chi connectivity index (χ4n) is 12.5. The quantitative estimate of drug-likeness (QED) is 0.259. The molecule has 3 fully saturated rings. The van der Waals surface area contributed by atoms with Crippen molar-refractivity contribution in [2.75, 3.05) is 0 Å². The number of aliphatic hydroxyl groups excluding tert-OH is 2. The van der Waals surface area contributed by atoms with Crippen molar-refractivity contribution < 1.29 is 25.2 Å². The van der Waals surface area contributed by atoms with Crippen LogP contribution in [0.25, 0.3) is 0 Å². The molecule has 11 unspecified atom stereocenters. The molecule has 238 valence electrons. The summed E-state index contributed by atoms with van der Waals surface area (Å²) in [6.45, 7) is 16.9. The Kier molecular flexibility index (Phi) is 7.30. The topological polar surface area (TPSA) is 98.0 Å². The summed E-state index contributed by atoms with van der Waals surface area (Å²) >= 11 is 0. The number of aliphatic hydroxyl groups is 2. The molecule has 0 spiro atoms. The second kappa shape index (κ2) is 10.1. The van der Waals surface area contributed by atoms with Crippen molar-refractivity contribution in [2.45, 2.75) is 137 Å². The van der Waals surface area contributed by atoms with Crippen LogP contribution in [-0.2, 0) is 16.6 Å². The number of allylic oxidation sites excluding steroid dienone is 2. The van der Waals surface area contributed by atoms with Crippen LogP contribution >= 0.6 is 0 Å². The van der Waals surface area contributed by atoms with Crippen LogP contribution in [0.15, 0.2) is 23.8 Å². The number of phenols is 1. The first kappa shape index (κ1) is 31.1. The SMILES string of the molecule is CC1=CCCC(C)C1(C)CCC1(C)C(O)CCC2(C)C1CCC1(C)C3Cc4c(O)ccc(C(O)C(=O)O)c4C3(C)CCC12. The number of carboxylic acids is 1. The van der Waals surface area contributed by atoms with E-state index in [2.05, 4.69) is 54.5 Å². The molecule has 1 aromatic carbocycles. The number of rotatable bonds is 5. The molecule has 5 aliphatic rings. The Balaban J connectivity index is 1.34. The van der Waals surface area contributed by atoms with E-state index >= 15 is 0 Å². The summed E-state index contributed by atoms with van der Waals surface area (Å²) < 4.78 is 0. The van der Waals surface area contributed by atoms with Gasteiger partial charge in [-0.25, -0.2) is 4.79 Å². The predicted molar refractivity (Wildman–Crippen MR) is 170 cm³/mol. The third-order valence-corrected chi connectivity index (χ3v) is 15.4. The molecule has 11 atom stereocenters. The summed E-state index contributed by atoms with van der Waals surface area (Å²) in [6, 6.07) is 3.21. The Morgan fingerprint density at radius 2 is 1.58 bits per heavy atom. The van der Waals surface area contributed by atoms with Crippen LogP contribution in [0, 0.1) is 45.3 Å². The van der Waals surface area contributed by atoms with Crippen LogP contribution in [0.2, 0.25) is 0 Å². The van der Waals surface area contributed by atoms with E-state index in [1.807, 2.05) is 0 Å². The van der Waals surface area contributed by atoms with Crippen LogP contribution in [0.1, 0.15) is 135 Å². The van der Waals surface area contributed by atoms with E-state index in [1.165, 1.54) is 18.4 Å². The first-order valence-corrected chi connectivity index (χ1v) is 17.2. The van der Waals surface area contributed by atoms with Crippen molar-refractivity contribution in [3.8, 4) is 5.75 Å². The van der Waals surface area contributed by atoms with Crippen molar-refractivity contribution in [1.29, 1.82) is 0 Å². The number of hydrogen-bond acceptors (Lipinski definition) is 4. The van der Waals surface area contributed by atoms with Gasteiger partial charge in [0.2, 0.25) is 0 Å². The number of carbonyl (C=O) groups is 1. The zero-order valence-electron chi connectivity index (χ0n) is 27.7. The van der Waals surface area contributed by atoms with Gasteiger partial charge in [-0.05, 0) is 151 Å². The zero-order chi connectivity index (χ0) is 31.3. The smallest absolute Gasteiger partial charge is 0.337 e. The number of fused-ring (bicyclic) bond motifs is 7. The van der Waals surface area contributed by atoms with Gasteiger partial charge in [-0.2, -0.15) is 0 Å². The highest BCUT2D eigenvalue weighted by molar-refractivity contribution is 5.76. The number of benzene rings is 1. The Hall–Kier alpha value is -1.85. The molecular weight excluding hydrogens is 536 g/mol. The highest BCUT2D eigenvalue weighted by Crippen LogP contribution is 2.74. The van der Waals surface area contributed by atoms with Gasteiger partial charge in [-0.15, -0.1) is 0 Å². The van der Waals surface area contributed by atoms with E-state index in [0.29, 0.717) is 23.3 Å². The summed E-state index contributed by atoms with van der Waals surface area (Å²) in [6.07, 6.45) is 12.0. The van der Waals surface area contributed by atoms with Crippen LogP contribution < -0.4 is 0 Å². The summed E-state index contributed by atoms with van der Waals surface area (Å²) in [7, 11) is 0. The molecule has 5 nitrogen and oxygen atoms in total. The maximum atomic E-state index is 11.9. The summed E-state index contributed by atoms with van der Waals surface area (Å²) in [5.74, 6) is 0.875. The Bertz CT molecular complexity index is 1330. The monoisotopic (exact) mass is 592 g/mol. The second-order valence-corrected chi connectivity index (χ2v) is 17.0. The van der Waals surface area contributed by atoms with Crippen molar-refractivity contribution >= 4 is 5.97 Å². The maximum Gasteiger partial charge on any atom is 0.337 e. The van der Waals surface area contributed by atoms with Crippen molar-refractivity contribution in [3.05, 3.63) is 40.5 Å².